The third kappa shape index (κ3) is 6.99. The minimum absolute atomic E-state index is 0.139. The number of piperidine rings is 1. The molecule has 0 bridgehead atoms. The molecule has 0 saturated carbocycles. The maximum absolute atomic E-state index is 12.1. The fourth-order valence-electron chi connectivity index (χ4n) is 3.77. The zero-order valence-electron chi connectivity index (χ0n) is 18.7. The molecule has 1 aliphatic rings. The highest BCUT2D eigenvalue weighted by atomic mass is 35.5. The summed E-state index contributed by atoms with van der Waals surface area (Å²) in [5.41, 5.74) is 0.518. The Labute approximate surface area is 189 Å². The van der Waals surface area contributed by atoms with Crippen molar-refractivity contribution in [1.29, 1.82) is 0 Å². The Morgan fingerprint density at radius 1 is 1.29 bits per heavy atom. The van der Waals surface area contributed by atoms with E-state index in [0.29, 0.717) is 35.4 Å². The number of carbonyl (C=O) groups excluding carboxylic acids is 1. The van der Waals surface area contributed by atoms with Crippen molar-refractivity contribution in [3.8, 4) is 5.75 Å². The van der Waals surface area contributed by atoms with Gasteiger partial charge in [0.25, 0.3) is 5.91 Å². The summed E-state index contributed by atoms with van der Waals surface area (Å²) in [6, 6.07) is 9.30. The molecule has 7 heteroatoms. The minimum Gasteiger partial charge on any atom is -0.489 e. The average molecular weight is 449 g/mol. The zero-order chi connectivity index (χ0) is 22.2. The van der Waals surface area contributed by atoms with Crippen molar-refractivity contribution in [3.05, 3.63) is 52.4 Å². The second kappa shape index (κ2) is 11.6. The molecule has 1 saturated heterocycles. The summed E-state index contributed by atoms with van der Waals surface area (Å²) in [7, 11) is 1.60. The molecule has 1 N–H and O–H groups in total. The number of halogens is 1. The molecular weight excluding hydrogens is 416 g/mol. The summed E-state index contributed by atoms with van der Waals surface area (Å²) >= 11 is 6.38. The Balaban J connectivity index is 1.42. The van der Waals surface area contributed by atoms with Crippen LogP contribution in [0.2, 0.25) is 5.02 Å². The van der Waals surface area contributed by atoms with E-state index in [-0.39, 0.29) is 12.0 Å². The highest BCUT2D eigenvalue weighted by Gasteiger charge is 2.22. The first kappa shape index (κ1) is 23.6. The van der Waals surface area contributed by atoms with Crippen molar-refractivity contribution in [1.82, 2.24) is 10.2 Å². The molecule has 1 atom stereocenters. The molecule has 1 aliphatic heterocycles. The highest BCUT2D eigenvalue weighted by molar-refractivity contribution is 6.32. The van der Waals surface area contributed by atoms with Crippen molar-refractivity contribution in [2.45, 2.75) is 45.1 Å². The van der Waals surface area contributed by atoms with Crippen molar-refractivity contribution >= 4 is 17.5 Å². The van der Waals surface area contributed by atoms with Gasteiger partial charge in [0.05, 0.1) is 11.6 Å². The van der Waals surface area contributed by atoms with E-state index < -0.39 is 0 Å². The number of likely N-dealkylation sites (tertiary alicyclic amines) is 1. The van der Waals surface area contributed by atoms with Gasteiger partial charge in [-0.25, -0.2) is 0 Å². The monoisotopic (exact) mass is 448 g/mol. The summed E-state index contributed by atoms with van der Waals surface area (Å²) in [6.45, 7) is 8.21. The van der Waals surface area contributed by atoms with Gasteiger partial charge in [-0.2, -0.15) is 0 Å². The van der Waals surface area contributed by atoms with Crippen LogP contribution in [-0.2, 0) is 4.74 Å². The molecule has 170 valence electrons. The molecule has 6 nitrogen and oxygen atoms in total. The Morgan fingerprint density at radius 3 is 2.71 bits per heavy atom. The average Bonchev–Trinajstić information content (AvgIpc) is 3.21. The first-order chi connectivity index (χ1) is 15.0. The Bertz CT molecular complexity index is 846. The largest absolute Gasteiger partial charge is 0.489 e. The van der Waals surface area contributed by atoms with E-state index in [1.165, 1.54) is 0 Å². The molecule has 3 rings (SSSR count). The van der Waals surface area contributed by atoms with Crippen LogP contribution in [0.5, 0.6) is 5.75 Å². The van der Waals surface area contributed by atoms with Crippen LogP contribution in [0.3, 0.4) is 0 Å². The second-order valence-electron chi connectivity index (χ2n) is 8.19. The summed E-state index contributed by atoms with van der Waals surface area (Å²) in [5, 5.41) is 3.25. The molecule has 2 aromatic rings. The molecule has 0 unspecified atom stereocenters. The number of nitrogens with one attached hydrogen (secondary N) is 1. The number of amides is 1. The van der Waals surface area contributed by atoms with Gasteiger partial charge in [-0.1, -0.05) is 18.5 Å². The number of hydrogen-bond donors (Lipinski definition) is 1. The van der Waals surface area contributed by atoms with Crippen LogP contribution in [0.25, 0.3) is 0 Å². The minimum atomic E-state index is -0.169. The predicted octanol–water partition coefficient (Wildman–Crippen LogP) is 4.65. The smallest absolute Gasteiger partial charge is 0.251 e. The van der Waals surface area contributed by atoms with E-state index in [4.69, 9.17) is 25.5 Å². The molecule has 0 spiro atoms. The molecule has 0 radical (unpaired) electrons. The van der Waals surface area contributed by atoms with Gasteiger partial charge in [0.2, 0.25) is 0 Å². The van der Waals surface area contributed by atoms with Gasteiger partial charge < -0.3 is 24.1 Å². The number of ether oxygens (including phenoxy) is 2. The number of benzene rings is 1. The summed E-state index contributed by atoms with van der Waals surface area (Å²) < 4.78 is 16.8. The van der Waals surface area contributed by atoms with E-state index in [9.17, 15) is 4.79 Å². The number of nitrogens with zero attached hydrogens (tertiary/aromatic N) is 1. The molecule has 31 heavy (non-hydrogen) atoms. The van der Waals surface area contributed by atoms with Crippen LogP contribution in [0.4, 0.5) is 0 Å². The topological polar surface area (TPSA) is 63.9 Å². The normalized spacial score (nSPS) is 16.3. The van der Waals surface area contributed by atoms with E-state index >= 15 is 0 Å². The van der Waals surface area contributed by atoms with Gasteiger partial charge in [0.15, 0.2) is 0 Å². The number of furan rings is 1. The lowest BCUT2D eigenvalue weighted by Crippen LogP contribution is -2.39. The van der Waals surface area contributed by atoms with Gasteiger partial charge in [-0.05, 0) is 63.1 Å². The quantitative estimate of drug-likeness (QED) is 0.536. The Kier molecular flexibility index (Phi) is 8.81. The Hall–Kier alpha value is -2.02. The lowest BCUT2D eigenvalue weighted by Gasteiger charge is -2.32. The number of hydrogen-bond acceptors (Lipinski definition) is 5. The van der Waals surface area contributed by atoms with Gasteiger partial charge in [0.1, 0.15) is 23.4 Å². The standard InChI is InChI=1S/C24H33ClN2O4/c1-17(22-6-4-18(2)30-22)8-12-27-13-9-20(10-14-27)31-23-7-5-19(16-21(23)25)24(28)26-11-15-29-3/h4-7,16-17,20H,8-15H2,1-3H3,(H,26,28)/t17-/m0/s1. The van der Waals surface area contributed by atoms with Gasteiger partial charge in [-0.15, -0.1) is 0 Å². The van der Waals surface area contributed by atoms with Crippen molar-refractivity contribution in [2.75, 3.05) is 39.9 Å². The van der Waals surface area contributed by atoms with Gasteiger partial charge >= 0.3 is 0 Å². The molecule has 1 aromatic carbocycles. The van der Waals surface area contributed by atoms with Crippen LogP contribution in [0.15, 0.2) is 34.7 Å². The number of carbonyl (C=O) groups is 1. The van der Waals surface area contributed by atoms with E-state index in [1.54, 1.807) is 25.3 Å². The van der Waals surface area contributed by atoms with Crippen molar-refractivity contribution in [3.63, 3.8) is 0 Å². The molecule has 1 aromatic heterocycles. The predicted molar refractivity (Wildman–Crippen MR) is 122 cm³/mol. The third-order valence-corrected chi connectivity index (χ3v) is 6.03. The maximum Gasteiger partial charge on any atom is 0.251 e. The molecule has 2 heterocycles. The van der Waals surface area contributed by atoms with E-state index in [2.05, 4.69) is 23.2 Å². The summed E-state index contributed by atoms with van der Waals surface area (Å²) in [5.74, 6) is 2.93. The van der Waals surface area contributed by atoms with Crippen LogP contribution in [-0.4, -0.2) is 56.8 Å². The molecular formula is C24H33ClN2O4. The first-order valence-corrected chi connectivity index (χ1v) is 11.4. The van der Waals surface area contributed by atoms with E-state index in [1.807, 2.05) is 13.0 Å². The van der Waals surface area contributed by atoms with Crippen molar-refractivity contribution in [2.24, 2.45) is 0 Å². The van der Waals surface area contributed by atoms with Crippen LogP contribution in [0.1, 0.15) is 54.0 Å². The highest BCUT2D eigenvalue weighted by Crippen LogP contribution is 2.29. The SMILES string of the molecule is COCCNC(=O)c1ccc(OC2CCN(CC[C@H](C)c3ccc(C)o3)CC2)c(Cl)c1. The second-order valence-corrected chi connectivity index (χ2v) is 8.60. The van der Waals surface area contributed by atoms with E-state index in [0.717, 1.165) is 50.4 Å². The third-order valence-electron chi connectivity index (χ3n) is 5.74. The fraction of sp³-hybridized carbons (Fsp3) is 0.542. The zero-order valence-corrected chi connectivity index (χ0v) is 19.4. The Morgan fingerprint density at radius 2 is 2.06 bits per heavy atom. The summed E-state index contributed by atoms with van der Waals surface area (Å²) in [6.07, 6.45) is 3.14. The molecule has 1 amide bonds. The van der Waals surface area contributed by atoms with Crippen LogP contribution < -0.4 is 10.1 Å². The van der Waals surface area contributed by atoms with Gasteiger partial charge in [0, 0.05) is 38.2 Å². The first-order valence-electron chi connectivity index (χ1n) is 11.0. The van der Waals surface area contributed by atoms with Crippen molar-refractivity contribution < 1.29 is 18.7 Å². The lowest BCUT2D eigenvalue weighted by atomic mass is 10.0. The maximum atomic E-state index is 12.1. The fourth-order valence-corrected chi connectivity index (χ4v) is 4.00. The number of aryl methyl sites for hydroxylation is 1. The lowest BCUT2D eigenvalue weighted by molar-refractivity contribution is 0.0936. The molecule has 0 aliphatic carbocycles. The van der Waals surface area contributed by atoms with Gasteiger partial charge in [-0.3, -0.25) is 4.79 Å². The number of rotatable bonds is 10. The number of methoxy groups -OCH3 is 1. The van der Waals surface area contributed by atoms with Crippen LogP contribution >= 0.6 is 11.6 Å². The summed E-state index contributed by atoms with van der Waals surface area (Å²) in [4.78, 5) is 14.6. The molecule has 1 fully saturated rings. The van der Waals surface area contributed by atoms with Crippen LogP contribution in [0, 0.1) is 6.92 Å².